The number of hydrogen-bond acceptors (Lipinski definition) is 12. The van der Waals surface area contributed by atoms with E-state index in [2.05, 4.69) is 74.9 Å². The van der Waals surface area contributed by atoms with Crippen LogP contribution in [0.2, 0.25) is 0 Å². The molecule has 2 unspecified atom stereocenters. The van der Waals surface area contributed by atoms with Crippen LogP contribution in [-0.2, 0) is 34.6 Å². The lowest BCUT2D eigenvalue weighted by Gasteiger charge is -2.55. The number of pyridine rings is 2. The molecule has 368 valence electrons. The summed E-state index contributed by atoms with van der Waals surface area (Å²) in [5.74, 6) is 2.53. The minimum atomic E-state index is -0.596. The molecule has 2 amide bonds. The van der Waals surface area contributed by atoms with Gasteiger partial charge in [0.1, 0.15) is 30.4 Å². The zero-order chi connectivity index (χ0) is 48.2. The number of anilines is 2. The molecule has 15 heteroatoms. The van der Waals surface area contributed by atoms with E-state index in [1.54, 1.807) is 24.9 Å². The van der Waals surface area contributed by atoms with Gasteiger partial charge in [-0.2, -0.15) is 0 Å². The number of rotatable bonds is 14. The predicted octanol–water partition coefficient (Wildman–Crippen LogP) is 6.67. The number of carbonyl (C=O) groups excluding carboxylic acids is 3. The second-order valence-corrected chi connectivity index (χ2v) is 21.2. The summed E-state index contributed by atoms with van der Waals surface area (Å²) in [6, 6.07) is 11.9. The van der Waals surface area contributed by atoms with Crippen molar-refractivity contribution in [2.75, 3.05) is 82.4 Å². The Kier molecular flexibility index (Phi) is 13.0. The van der Waals surface area contributed by atoms with E-state index in [1.165, 1.54) is 12.8 Å². The van der Waals surface area contributed by atoms with Gasteiger partial charge in [0.2, 0.25) is 11.9 Å². The van der Waals surface area contributed by atoms with Crippen LogP contribution in [0.5, 0.6) is 11.5 Å². The van der Waals surface area contributed by atoms with Gasteiger partial charge in [0.05, 0.1) is 29.7 Å². The number of quaternary nitrogens is 1. The third-order valence-electron chi connectivity index (χ3n) is 17.0. The number of ether oxygens (including phenoxy) is 2. The monoisotopic (exact) mass is 944 g/mol. The Balaban J connectivity index is 0.758. The molecule has 69 heavy (non-hydrogen) atoms. The van der Waals surface area contributed by atoms with E-state index < -0.39 is 12.0 Å². The maximum atomic E-state index is 13.5. The van der Waals surface area contributed by atoms with Crippen LogP contribution < -0.4 is 30.1 Å². The summed E-state index contributed by atoms with van der Waals surface area (Å²) >= 11 is 0. The quantitative estimate of drug-likeness (QED) is 0.107. The first kappa shape index (κ1) is 47.2. The second-order valence-electron chi connectivity index (χ2n) is 21.2. The first-order valence-corrected chi connectivity index (χ1v) is 25.7. The summed E-state index contributed by atoms with van der Waals surface area (Å²) in [6.45, 7) is 19.5. The molecule has 4 atom stereocenters. The third-order valence-corrected chi connectivity index (χ3v) is 17.0. The molecule has 0 radical (unpaired) electrons. The Hall–Kier alpha value is -5.51. The predicted molar refractivity (Wildman–Crippen MR) is 266 cm³/mol. The molecule has 0 aliphatic carbocycles. The fourth-order valence-electron chi connectivity index (χ4n) is 11.9. The van der Waals surface area contributed by atoms with Crippen molar-refractivity contribution < 1.29 is 33.3 Å². The first-order chi connectivity index (χ1) is 33.3. The molecule has 5 fully saturated rings. The number of aromatic nitrogens is 2. The van der Waals surface area contributed by atoms with Crippen LogP contribution in [0.4, 0.5) is 11.5 Å². The normalized spacial score (nSPS) is 24.0. The molecule has 6 aliphatic rings. The Bertz CT molecular complexity index is 2680. The lowest BCUT2D eigenvalue weighted by atomic mass is 9.71. The van der Waals surface area contributed by atoms with Crippen molar-refractivity contribution in [3.8, 4) is 22.6 Å². The lowest BCUT2D eigenvalue weighted by Crippen LogP contribution is -2.64. The largest absolute Gasteiger partial charge is 0.496 e. The number of imide groups is 1. The highest BCUT2D eigenvalue weighted by molar-refractivity contribution is 6.00. The van der Waals surface area contributed by atoms with Crippen LogP contribution in [0.25, 0.3) is 21.9 Å². The average molecular weight is 944 g/mol. The van der Waals surface area contributed by atoms with Gasteiger partial charge in [-0.15, -0.1) is 4.65 Å². The van der Waals surface area contributed by atoms with Crippen LogP contribution in [0, 0.1) is 17.3 Å². The molecule has 2 aromatic heterocycles. The summed E-state index contributed by atoms with van der Waals surface area (Å²) in [6.07, 6.45) is 11.1. The van der Waals surface area contributed by atoms with E-state index in [4.69, 9.17) is 14.3 Å². The van der Waals surface area contributed by atoms with E-state index in [1.807, 2.05) is 25.3 Å². The number of aryl methyl sites for hydroxylation is 1. The topological polar surface area (TPSA) is 139 Å². The summed E-state index contributed by atoms with van der Waals surface area (Å²) < 4.78 is 14.7. The van der Waals surface area contributed by atoms with Gasteiger partial charge in [-0.05, 0) is 120 Å². The number of hydrogen-bond donors (Lipinski definition) is 1. The van der Waals surface area contributed by atoms with Crippen molar-refractivity contribution in [1.29, 1.82) is 0 Å². The van der Waals surface area contributed by atoms with Gasteiger partial charge in [-0.3, -0.25) is 29.4 Å². The maximum absolute atomic E-state index is 13.5. The summed E-state index contributed by atoms with van der Waals surface area (Å²) in [4.78, 5) is 72.2. The molecule has 1 N–H and O–H groups in total. The fourth-order valence-corrected chi connectivity index (χ4v) is 11.9. The zero-order valence-corrected chi connectivity index (χ0v) is 41.6. The number of methoxy groups -OCH3 is 1. The molecule has 4 aromatic rings. The van der Waals surface area contributed by atoms with Crippen LogP contribution in [0.3, 0.4) is 0 Å². The number of nitrogens with one attached hydrogen (secondary N) is 1. The van der Waals surface area contributed by atoms with E-state index in [0.29, 0.717) is 47.7 Å². The number of amides is 2. The van der Waals surface area contributed by atoms with Crippen molar-refractivity contribution in [1.82, 2.24) is 24.7 Å². The molecule has 6 aliphatic heterocycles. The van der Waals surface area contributed by atoms with Gasteiger partial charge < -0.3 is 28.7 Å². The minimum Gasteiger partial charge on any atom is -0.496 e. The highest BCUT2D eigenvalue weighted by atomic mass is 16.7. The summed E-state index contributed by atoms with van der Waals surface area (Å²) in [5.41, 5.74) is 5.73. The van der Waals surface area contributed by atoms with Crippen LogP contribution in [0.1, 0.15) is 101 Å². The highest BCUT2D eigenvalue weighted by Gasteiger charge is 2.52. The van der Waals surface area contributed by atoms with E-state index in [0.717, 1.165) is 142 Å². The Labute approximate surface area is 406 Å². The van der Waals surface area contributed by atoms with Gasteiger partial charge in [0.15, 0.2) is 0 Å². The number of nitrogens with zero attached hydrogens (tertiary/aromatic N) is 7. The number of carbonyl (C=O) groups is 3. The van der Waals surface area contributed by atoms with Crippen LogP contribution in [0.15, 0.2) is 53.6 Å². The molecule has 0 saturated carbocycles. The molecular weight excluding hydrogens is 873 g/mol. The van der Waals surface area contributed by atoms with Crippen LogP contribution >= 0.6 is 0 Å². The fraction of sp³-hybridized carbons (Fsp3) is 0.574. The van der Waals surface area contributed by atoms with Gasteiger partial charge >= 0.3 is 5.97 Å². The minimum absolute atomic E-state index is 0.00560. The van der Waals surface area contributed by atoms with Gasteiger partial charge in [-0.1, -0.05) is 26.3 Å². The molecule has 15 nitrogen and oxygen atoms in total. The SMILES string of the molecule is CCC(C)[C@@H](C)Oc1cc(-c2cn(C)c(=O)c3cnc(N4CCC4)cc23)cc(OC)c1CN1CCC(CN2CCC3(CC2)CN(c2ccc4c(c2)C(=O)O[N+](CC)([C@H]2CCC(=O)NC2=O)C4)C3)CC1. The van der Waals surface area contributed by atoms with E-state index in [-0.39, 0.29) is 34.5 Å². The summed E-state index contributed by atoms with van der Waals surface area (Å²) in [5, 5.41) is 3.93. The smallest absolute Gasteiger partial charge is 0.398 e. The first-order valence-electron chi connectivity index (χ1n) is 25.7. The van der Waals surface area contributed by atoms with E-state index >= 15 is 0 Å². The molecule has 2 aromatic carbocycles. The zero-order valence-electron chi connectivity index (χ0n) is 41.6. The second kappa shape index (κ2) is 19.0. The van der Waals surface area contributed by atoms with E-state index in [9.17, 15) is 19.2 Å². The number of likely N-dealkylation sites (tertiary alicyclic amines) is 2. The molecule has 1 spiro atoms. The number of hydroxylamine groups is 3. The van der Waals surface area contributed by atoms with Gasteiger partial charge in [0, 0.05) is 99.2 Å². The number of likely N-dealkylation sites (N-methyl/N-ethyl adjacent to an activating group) is 1. The van der Waals surface area contributed by atoms with Crippen molar-refractivity contribution in [2.45, 2.75) is 104 Å². The summed E-state index contributed by atoms with van der Waals surface area (Å²) in [7, 11) is 3.56. The van der Waals surface area contributed by atoms with Gasteiger partial charge in [0.25, 0.3) is 11.5 Å². The molecule has 0 bridgehead atoms. The Morgan fingerprint density at radius 2 is 1.64 bits per heavy atom. The van der Waals surface area contributed by atoms with Crippen molar-refractivity contribution in [2.24, 2.45) is 24.3 Å². The number of piperidine rings is 3. The maximum Gasteiger partial charge on any atom is 0.398 e. The molecular formula is C54H71N8O7+. The number of benzene rings is 2. The highest BCUT2D eigenvalue weighted by Crippen LogP contribution is 2.45. The Morgan fingerprint density at radius 3 is 2.32 bits per heavy atom. The van der Waals surface area contributed by atoms with Crippen LogP contribution in [-0.4, -0.2) is 126 Å². The van der Waals surface area contributed by atoms with Crippen molar-refractivity contribution in [3.63, 3.8) is 0 Å². The van der Waals surface area contributed by atoms with Crippen molar-refractivity contribution in [3.05, 3.63) is 75.8 Å². The average Bonchev–Trinajstić information content (AvgIpc) is 3.32. The molecule has 8 heterocycles. The van der Waals surface area contributed by atoms with Crippen molar-refractivity contribution >= 4 is 40.1 Å². The molecule has 5 saturated heterocycles. The third kappa shape index (κ3) is 9.10. The standard InChI is InChI=1S/C54H70N8O7/c1-7-35(3)36(4)68-48-25-39(44-30-57(5)52(65)43-28-55-49(27-42(43)44)60-18-9-19-60)24-47(67-6)45(48)31-58-20-14-37(15-21-58)29-59-22-16-54(17-23-59)33-61(34-54)40-11-10-38-32-62(8-2,69-53(66)41(38)26-40)46-12-13-50(63)56-51(46)64/h10-11,24-28,30,35-37,46H,7-9,12-23,29,31-34H2,1-6H3/p+1/t35?,36-,46+,62?/m1/s1. The Morgan fingerprint density at radius 1 is 0.884 bits per heavy atom. The lowest BCUT2D eigenvalue weighted by molar-refractivity contribution is -1.11. The molecule has 10 rings (SSSR count). The van der Waals surface area contributed by atoms with Gasteiger partial charge in [-0.25, -0.2) is 9.78 Å². The number of fused-ring (bicyclic) bond motifs is 2.